The lowest BCUT2D eigenvalue weighted by molar-refractivity contribution is 0.0715. The van der Waals surface area contributed by atoms with Gasteiger partial charge in [-0.15, -0.1) is 0 Å². The van der Waals surface area contributed by atoms with Gasteiger partial charge in [0.15, 0.2) is 5.82 Å². The Morgan fingerprint density at radius 1 is 1.32 bits per heavy atom. The zero-order valence-corrected chi connectivity index (χ0v) is 12.2. The first-order valence-electron chi connectivity index (χ1n) is 6.66. The maximum Gasteiger partial charge on any atom is 0.257 e. The number of carbonyl (C=O) groups excluding carboxylic acids is 1. The quantitative estimate of drug-likeness (QED) is 0.610. The molecule has 0 aliphatic heterocycles. The highest BCUT2D eigenvalue weighted by Gasteiger charge is 2.20. The van der Waals surface area contributed by atoms with Gasteiger partial charge in [-0.3, -0.25) is 4.79 Å². The number of rotatable bonds is 6. The third kappa shape index (κ3) is 4.52. The molecule has 19 heavy (non-hydrogen) atoms. The molecule has 1 aromatic rings. The lowest BCUT2D eigenvalue weighted by Crippen LogP contribution is -2.37. The highest BCUT2D eigenvalue weighted by atomic mass is 16.2. The first-order chi connectivity index (χ1) is 8.95. The summed E-state index contributed by atoms with van der Waals surface area (Å²) in [6, 6.07) is 3.50. The molecule has 0 saturated carbocycles. The van der Waals surface area contributed by atoms with E-state index in [2.05, 4.69) is 38.1 Å². The van der Waals surface area contributed by atoms with Crippen LogP contribution in [0.1, 0.15) is 38.1 Å². The largest absolute Gasteiger partial charge is 0.338 e. The number of hydrogen-bond acceptors (Lipinski definition) is 4. The van der Waals surface area contributed by atoms with E-state index >= 15 is 0 Å². The summed E-state index contributed by atoms with van der Waals surface area (Å²) in [5.74, 6) is 6.65. The van der Waals surface area contributed by atoms with Gasteiger partial charge >= 0.3 is 0 Å². The highest BCUT2D eigenvalue weighted by molar-refractivity contribution is 5.98. The van der Waals surface area contributed by atoms with Crippen molar-refractivity contribution in [2.45, 2.75) is 27.7 Å². The van der Waals surface area contributed by atoms with Crippen LogP contribution in [0.15, 0.2) is 18.3 Å². The van der Waals surface area contributed by atoms with Crippen LogP contribution in [0.2, 0.25) is 0 Å². The van der Waals surface area contributed by atoms with Gasteiger partial charge in [0, 0.05) is 19.3 Å². The molecule has 1 rings (SSSR count). The Bertz CT molecular complexity index is 408. The Morgan fingerprint density at radius 3 is 2.37 bits per heavy atom. The normalized spacial score (nSPS) is 10.9. The number of hydrazine groups is 1. The van der Waals surface area contributed by atoms with Crippen molar-refractivity contribution in [3.8, 4) is 0 Å². The first kappa shape index (κ1) is 15.4. The molecule has 0 saturated heterocycles. The number of pyridine rings is 1. The molecule has 1 aromatic heterocycles. The van der Waals surface area contributed by atoms with Crippen LogP contribution in [0.4, 0.5) is 5.82 Å². The second-order valence-electron chi connectivity index (χ2n) is 5.54. The lowest BCUT2D eigenvalue weighted by atomic mass is 10.1. The minimum absolute atomic E-state index is 0.0246. The average molecular weight is 264 g/mol. The van der Waals surface area contributed by atoms with Crippen LogP contribution in [0.25, 0.3) is 0 Å². The minimum Gasteiger partial charge on any atom is -0.338 e. The fourth-order valence-electron chi connectivity index (χ4n) is 1.99. The van der Waals surface area contributed by atoms with Crippen molar-refractivity contribution in [1.82, 2.24) is 9.88 Å². The van der Waals surface area contributed by atoms with Crippen LogP contribution < -0.4 is 11.3 Å². The molecule has 0 aliphatic rings. The summed E-state index contributed by atoms with van der Waals surface area (Å²) in [6.45, 7) is 9.88. The monoisotopic (exact) mass is 264 g/mol. The molecule has 0 bridgehead atoms. The molecule has 0 aliphatic carbocycles. The number of aromatic nitrogens is 1. The van der Waals surface area contributed by atoms with Crippen molar-refractivity contribution in [3.05, 3.63) is 23.9 Å². The van der Waals surface area contributed by atoms with Crippen LogP contribution >= 0.6 is 0 Å². The first-order valence-corrected chi connectivity index (χ1v) is 6.66. The molecule has 1 amide bonds. The molecule has 0 aromatic carbocycles. The van der Waals surface area contributed by atoms with Crippen LogP contribution in [0.5, 0.6) is 0 Å². The zero-order valence-electron chi connectivity index (χ0n) is 12.2. The fraction of sp³-hybridized carbons (Fsp3) is 0.571. The van der Waals surface area contributed by atoms with Crippen molar-refractivity contribution in [3.63, 3.8) is 0 Å². The number of nitrogens with one attached hydrogen (secondary N) is 1. The van der Waals surface area contributed by atoms with Gasteiger partial charge in [0.05, 0.1) is 5.56 Å². The molecule has 5 heteroatoms. The predicted octanol–water partition coefficient (Wildman–Crippen LogP) is 2.12. The van der Waals surface area contributed by atoms with Crippen molar-refractivity contribution in [2.75, 3.05) is 18.5 Å². The van der Waals surface area contributed by atoms with Gasteiger partial charge in [-0.25, -0.2) is 10.8 Å². The van der Waals surface area contributed by atoms with Gasteiger partial charge in [-0.2, -0.15) is 0 Å². The summed E-state index contributed by atoms with van der Waals surface area (Å²) in [7, 11) is 0. The van der Waals surface area contributed by atoms with Gasteiger partial charge in [-0.1, -0.05) is 27.7 Å². The summed E-state index contributed by atoms with van der Waals surface area (Å²) in [5, 5.41) is 0. The second-order valence-corrected chi connectivity index (χ2v) is 5.54. The molecule has 106 valence electrons. The molecule has 0 fully saturated rings. The number of nitrogens with zero attached hydrogens (tertiary/aromatic N) is 2. The zero-order chi connectivity index (χ0) is 14.4. The molecule has 3 N–H and O–H groups in total. The summed E-state index contributed by atoms with van der Waals surface area (Å²) in [6.07, 6.45) is 1.61. The van der Waals surface area contributed by atoms with Crippen LogP contribution in [0.3, 0.4) is 0 Å². The number of carbonyl (C=O) groups is 1. The number of hydrogen-bond donors (Lipinski definition) is 2. The molecule has 0 spiro atoms. The Balaban J connectivity index is 2.97. The highest BCUT2D eigenvalue weighted by Crippen LogP contribution is 2.15. The van der Waals surface area contributed by atoms with Gasteiger partial charge < -0.3 is 10.3 Å². The SMILES string of the molecule is CC(C)CN(CC(C)C)C(=O)c1cccnc1NN. The van der Waals surface area contributed by atoms with Crippen molar-refractivity contribution in [2.24, 2.45) is 17.7 Å². The summed E-state index contributed by atoms with van der Waals surface area (Å²) < 4.78 is 0. The number of nitrogens with two attached hydrogens (primary N) is 1. The second kappa shape index (κ2) is 7.09. The van der Waals surface area contributed by atoms with E-state index in [0.29, 0.717) is 23.2 Å². The molecule has 5 nitrogen and oxygen atoms in total. The smallest absolute Gasteiger partial charge is 0.257 e. The molecule has 0 radical (unpaired) electrons. The average Bonchev–Trinajstić information content (AvgIpc) is 2.36. The van der Waals surface area contributed by atoms with Crippen LogP contribution in [-0.2, 0) is 0 Å². The summed E-state index contributed by atoms with van der Waals surface area (Å²) in [4.78, 5) is 18.5. The summed E-state index contributed by atoms with van der Waals surface area (Å²) in [5.41, 5.74) is 3.00. The van der Waals surface area contributed by atoms with Gasteiger partial charge in [0.25, 0.3) is 5.91 Å². The van der Waals surface area contributed by atoms with Crippen LogP contribution in [0, 0.1) is 11.8 Å². The molecule has 0 unspecified atom stereocenters. The van der Waals surface area contributed by atoms with Crippen molar-refractivity contribution < 1.29 is 4.79 Å². The van der Waals surface area contributed by atoms with E-state index in [0.717, 1.165) is 13.1 Å². The summed E-state index contributed by atoms with van der Waals surface area (Å²) >= 11 is 0. The van der Waals surface area contributed by atoms with E-state index in [1.807, 2.05) is 4.90 Å². The van der Waals surface area contributed by atoms with Gasteiger partial charge in [0.1, 0.15) is 0 Å². The third-order valence-electron chi connectivity index (χ3n) is 2.63. The van der Waals surface area contributed by atoms with E-state index in [9.17, 15) is 4.79 Å². The Labute approximate surface area is 115 Å². The topological polar surface area (TPSA) is 71.2 Å². The van der Waals surface area contributed by atoms with Crippen molar-refractivity contribution >= 4 is 11.7 Å². The van der Waals surface area contributed by atoms with E-state index in [1.54, 1.807) is 18.3 Å². The van der Waals surface area contributed by atoms with E-state index in [4.69, 9.17) is 5.84 Å². The maximum absolute atomic E-state index is 12.6. The lowest BCUT2D eigenvalue weighted by Gasteiger charge is -2.27. The van der Waals surface area contributed by atoms with Crippen LogP contribution in [-0.4, -0.2) is 28.9 Å². The number of nitrogen functional groups attached to an aromatic ring is 1. The Hall–Kier alpha value is -1.62. The molecule has 0 atom stereocenters. The fourth-order valence-corrected chi connectivity index (χ4v) is 1.99. The van der Waals surface area contributed by atoms with Crippen molar-refractivity contribution in [1.29, 1.82) is 0 Å². The van der Waals surface area contributed by atoms with E-state index < -0.39 is 0 Å². The van der Waals surface area contributed by atoms with Gasteiger partial charge in [-0.05, 0) is 24.0 Å². The molecular formula is C14H24N4O. The number of amides is 1. The minimum atomic E-state index is -0.0246. The van der Waals surface area contributed by atoms with E-state index in [1.165, 1.54) is 0 Å². The third-order valence-corrected chi connectivity index (χ3v) is 2.63. The van der Waals surface area contributed by atoms with E-state index in [-0.39, 0.29) is 5.91 Å². The predicted molar refractivity (Wildman–Crippen MR) is 77.6 cm³/mol. The number of anilines is 1. The van der Waals surface area contributed by atoms with Gasteiger partial charge in [0.2, 0.25) is 0 Å². The molecular weight excluding hydrogens is 240 g/mol. The molecule has 1 heterocycles. The Morgan fingerprint density at radius 2 is 1.89 bits per heavy atom. The Kier molecular flexibility index (Phi) is 5.76. The standard InChI is InChI=1S/C14H24N4O/c1-10(2)8-18(9-11(3)4)14(19)12-6-5-7-16-13(12)17-15/h5-7,10-11H,8-9,15H2,1-4H3,(H,16,17). The maximum atomic E-state index is 12.6.